The lowest BCUT2D eigenvalue weighted by Gasteiger charge is -2.63. The van der Waals surface area contributed by atoms with Crippen molar-refractivity contribution in [2.75, 3.05) is 13.1 Å². The Morgan fingerprint density at radius 3 is 2.19 bits per heavy atom. The first-order chi connectivity index (χ1) is 15.5. The first-order valence-electron chi connectivity index (χ1n) is 12.8. The summed E-state index contributed by atoms with van der Waals surface area (Å²) in [6, 6.07) is 10.2. The summed E-state index contributed by atoms with van der Waals surface area (Å²) in [6.07, 6.45) is 13.3. The number of rotatable bonds is 8. The smallest absolute Gasteiger partial charge is 0.233 e. The summed E-state index contributed by atoms with van der Waals surface area (Å²) < 4.78 is 0. The number of benzene rings is 1. The highest BCUT2D eigenvalue weighted by Crippen LogP contribution is 2.67. The third-order valence-electron chi connectivity index (χ3n) is 9.17. The number of hydrogen-bond donors (Lipinski definition) is 1. The Bertz CT molecular complexity index is 870. The molecular weight excluding hydrogens is 396 g/mol. The molecular formula is C28H38N2O2. The van der Waals surface area contributed by atoms with Gasteiger partial charge in [0.05, 0.1) is 0 Å². The van der Waals surface area contributed by atoms with Crippen molar-refractivity contribution in [3.63, 3.8) is 0 Å². The van der Waals surface area contributed by atoms with Crippen molar-refractivity contribution in [2.45, 2.75) is 71.1 Å². The van der Waals surface area contributed by atoms with Gasteiger partial charge in [0.25, 0.3) is 0 Å². The molecule has 0 spiro atoms. The van der Waals surface area contributed by atoms with Gasteiger partial charge in [0.15, 0.2) is 5.78 Å². The highest BCUT2D eigenvalue weighted by Gasteiger charge is 2.66. The fraction of sp³-hybridized carbons (Fsp3) is 0.643. The number of unbranched alkanes of at least 4 members (excludes halogenated alkanes) is 3. The second-order valence-electron chi connectivity index (χ2n) is 11.2. The zero-order chi connectivity index (χ0) is 22.3. The van der Waals surface area contributed by atoms with Gasteiger partial charge in [-0.05, 0) is 73.7 Å². The highest BCUT2D eigenvalue weighted by atomic mass is 16.2. The Kier molecular flexibility index (Phi) is 5.67. The van der Waals surface area contributed by atoms with E-state index in [1.54, 1.807) is 6.08 Å². The lowest BCUT2D eigenvalue weighted by molar-refractivity contribution is -0.170. The van der Waals surface area contributed by atoms with Gasteiger partial charge in [-0.15, -0.1) is 0 Å². The molecule has 1 aromatic carbocycles. The average molecular weight is 435 g/mol. The zero-order valence-electron chi connectivity index (χ0n) is 19.5. The van der Waals surface area contributed by atoms with Crippen LogP contribution >= 0.6 is 0 Å². The van der Waals surface area contributed by atoms with E-state index in [4.69, 9.17) is 5.73 Å². The van der Waals surface area contributed by atoms with Crippen molar-refractivity contribution in [3.05, 3.63) is 42.0 Å². The van der Waals surface area contributed by atoms with Gasteiger partial charge in [-0.1, -0.05) is 56.5 Å². The van der Waals surface area contributed by atoms with Crippen molar-refractivity contribution in [1.82, 2.24) is 4.90 Å². The molecule has 4 nitrogen and oxygen atoms in total. The number of carbonyl (C=O) groups is 2. The summed E-state index contributed by atoms with van der Waals surface area (Å²) in [5.41, 5.74) is 6.92. The first kappa shape index (κ1) is 21.7. The minimum atomic E-state index is -1.08. The fourth-order valence-electron chi connectivity index (χ4n) is 8.11. The van der Waals surface area contributed by atoms with E-state index in [-0.39, 0.29) is 17.1 Å². The minimum Gasteiger partial charge on any atom is -0.369 e. The number of nitrogens with zero attached hydrogens (tertiary/aromatic N) is 1. The molecule has 0 saturated heterocycles. The molecule has 4 heteroatoms. The maximum absolute atomic E-state index is 14.0. The normalized spacial score (nSPS) is 35.8. The monoisotopic (exact) mass is 434 g/mol. The summed E-state index contributed by atoms with van der Waals surface area (Å²) in [4.78, 5) is 29.6. The fourth-order valence-corrected chi connectivity index (χ4v) is 8.11. The molecule has 1 amide bonds. The Hall–Kier alpha value is -2.10. The van der Waals surface area contributed by atoms with E-state index in [0.29, 0.717) is 24.3 Å². The Labute approximate surface area is 192 Å². The topological polar surface area (TPSA) is 63.4 Å². The molecule has 4 bridgehead atoms. The molecule has 4 fully saturated rings. The molecule has 0 aromatic heterocycles. The first-order valence-corrected chi connectivity index (χ1v) is 12.8. The lowest BCUT2D eigenvalue weighted by Crippen LogP contribution is -2.66. The number of primary amides is 1. The SMILES string of the molecule is CCCCCCN1CC(C(N)=O)(C23CC4CC(CC(C4)C2)C3)C(=O)C=C1c1ccccc1. The number of allylic oxidation sites excluding steroid dienone is 1. The number of nitrogens with two attached hydrogens (primary N) is 1. The Morgan fingerprint density at radius 2 is 1.62 bits per heavy atom. The van der Waals surface area contributed by atoms with Crippen LogP contribution in [0.1, 0.15) is 76.7 Å². The minimum absolute atomic E-state index is 0.0318. The molecule has 0 radical (unpaired) electrons. The van der Waals surface area contributed by atoms with Crippen LogP contribution in [0.3, 0.4) is 0 Å². The maximum atomic E-state index is 14.0. The molecule has 172 valence electrons. The Balaban J connectivity index is 1.54. The largest absolute Gasteiger partial charge is 0.369 e. The molecule has 5 aliphatic rings. The van der Waals surface area contributed by atoms with Gasteiger partial charge in [0.1, 0.15) is 5.41 Å². The third-order valence-corrected chi connectivity index (χ3v) is 9.17. The van der Waals surface area contributed by atoms with Gasteiger partial charge in [-0.25, -0.2) is 0 Å². The predicted octanol–water partition coefficient (Wildman–Crippen LogP) is 5.18. The van der Waals surface area contributed by atoms with Crippen molar-refractivity contribution >= 4 is 17.4 Å². The predicted molar refractivity (Wildman–Crippen MR) is 127 cm³/mol. The quantitative estimate of drug-likeness (QED) is 0.453. The van der Waals surface area contributed by atoms with E-state index in [1.165, 1.54) is 38.5 Å². The molecule has 1 aromatic rings. The summed E-state index contributed by atoms with van der Waals surface area (Å²) in [6.45, 7) is 3.55. The van der Waals surface area contributed by atoms with E-state index in [1.807, 2.05) is 18.2 Å². The van der Waals surface area contributed by atoms with Gasteiger partial charge in [0.2, 0.25) is 5.91 Å². The number of ketones is 1. The molecule has 2 N–H and O–H groups in total. The molecule has 1 atom stereocenters. The third kappa shape index (κ3) is 3.41. The van der Waals surface area contributed by atoms with Gasteiger partial charge >= 0.3 is 0 Å². The van der Waals surface area contributed by atoms with Crippen LogP contribution in [0.5, 0.6) is 0 Å². The maximum Gasteiger partial charge on any atom is 0.233 e. The molecule has 1 unspecified atom stereocenters. The van der Waals surface area contributed by atoms with Crippen LogP contribution in [0.15, 0.2) is 36.4 Å². The van der Waals surface area contributed by atoms with Crippen LogP contribution in [0, 0.1) is 28.6 Å². The van der Waals surface area contributed by atoms with Crippen molar-refractivity contribution < 1.29 is 9.59 Å². The summed E-state index contributed by atoms with van der Waals surface area (Å²) in [5.74, 6) is 1.59. The molecule has 1 aliphatic heterocycles. The number of carbonyl (C=O) groups excluding carboxylic acids is 2. The van der Waals surface area contributed by atoms with Gasteiger partial charge in [0, 0.05) is 24.9 Å². The molecule has 1 heterocycles. The molecule has 4 saturated carbocycles. The average Bonchev–Trinajstić information content (AvgIpc) is 2.76. The van der Waals surface area contributed by atoms with Gasteiger partial charge in [-0.2, -0.15) is 0 Å². The highest BCUT2D eigenvalue weighted by molar-refractivity contribution is 6.15. The van der Waals surface area contributed by atoms with Crippen LogP contribution in [0.2, 0.25) is 0 Å². The van der Waals surface area contributed by atoms with E-state index >= 15 is 0 Å². The van der Waals surface area contributed by atoms with Crippen LogP contribution in [0.25, 0.3) is 5.70 Å². The van der Waals surface area contributed by atoms with Gasteiger partial charge < -0.3 is 10.6 Å². The zero-order valence-corrected chi connectivity index (χ0v) is 19.5. The van der Waals surface area contributed by atoms with Crippen LogP contribution in [-0.2, 0) is 9.59 Å². The lowest BCUT2D eigenvalue weighted by atomic mass is 9.41. The summed E-state index contributed by atoms with van der Waals surface area (Å²) in [7, 11) is 0. The van der Waals surface area contributed by atoms with Crippen LogP contribution in [-0.4, -0.2) is 29.7 Å². The van der Waals surface area contributed by atoms with E-state index in [2.05, 4.69) is 24.0 Å². The summed E-state index contributed by atoms with van der Waals surface area (Å²) >= 11 is 0. The van der Waals surface area contributed by atoms with Crippen molar-refractivity contribution in [2.24, 2.45) is 34.3 Å². The number of hydrogen-bond acceptors (Lipinski definition) is 3. The molecule has 6 rings (SSSR count). The second-order valence-corrected chi connectivity index (χ2v) is 11.2. The second kappa shape index (κ2) is 8.35. The van der Waals surface area contributed by atoms with E-state index in [0.717, 1.165) is 43.5 Å². The van der Waals surface area contributed by atoms with Crippen molar-refractivity contribution in [3.8, 4) is 0 Å². The van der Waals surface area contributed by atoms with Crippen LogP contribution in [0.4, 0.5) is 0 Å². The molecule has 32 heavy (non-hydrogen) atoms. The molecule has 4 aliphatic carbocycles. The number of amides is 1. The van der Waals surface area contributed by atoms with Crippen molar-refractivity contribution in [1.29, 1.82) is 0 Å². The summed E-state index contributed by atoms with van der Waals surface area (Å²) in [5, 5.41) is 0. The van der Waals surface area contributed by atoms with Crippen LogP contribution < -0.4 is 5.73 Å². The van der Waals surface area contributed by atoms with E-state index in [9.17, 15) is 9.59 Å². The van der Waals surface area contributed by atoms with Gasteiger partial charge in [-0.3, -0.25) is 9.59 Å². The standard InChI is InChI=1S/C28H38N2O2/c1-2-3-4-8-11-30-19-28(26(29)32,25(31)15-24(30)23-9-6-5-7-10-23)27-16-20-12-21(17-27)14-22(13-20)18-27/h5-7,9-10,15,20-22H,2-4,8,11-14,16-19H2,1H3,(H2,29,32). The van der Waals surface area contributed by atoms with E-state index < -0.39 is 5.41 Å². The Morgan fingerprint density at radius 1 is 1.00 bits per heavy atom.